The highest BCUT2D eigenvalue weighted by Gasteiger charge is 2.21. The second-order valence-corrected chi connectivity index (χ2v) is 6.23. The Morgan fingerprint density at radius 1 is 1.00 bits per heavy atom. The molecule has 3 nitrogen and oxygen atoms in total. The van der Waals surface area contributed by atoms with Crippen LogP contribution in [0.25, 0.3) is 6.08 Å². The van der Waals surface area contributed by atoms with Gasteiger partial charge in [0, 0.05) is 5.56 Å². The zero-order valence-electron chi connectivity index (χ0n) is 12.7. The molecule has 1 N–H and O–H groups in total. The van der Waals surface area contributed by atoms with Gasteiger partial charge in [-0.1, -0.05) is 41.4 Å². The molecular weight excluding hydrogens is 331 g/mol. The summed E-state index contributed by atoms with van der Waals surface area (Å²) in [6.07, 6.45) is 1.69. The largest absolute Gasteiger partial charge is 0.305 e. The number of hydrogen-bond acceptors (Lipinski definition) is 2. The van der Waals surface area contributed by atoms with Crippen molar-refractivity contribution >= 4 is 41.0 Å². The minimum atomic E-state index is -0.232. The summed E-state index contributed by atoms with van der Waals surface area (Å²) >= 11 is 11.9. The van der Waals surface area contributed by atoms with E-state index in [9.17, 15) is 4.79 Å². The van der Waals surface area contributed by atoms with E-state index in [0.717, 1.165) is 16.7 Å². The fourth-order valence-corrected chi connectivity index (χ4v) is 2.56. The smallest absolute Gasteiger partial charge is 0.275 e. The molecule has 0 saturated heterocycles. The Hall–Kier alpha value is -2.10. The van der Waals surface area contributed by atoms with Crippen molar-refractivity contribution in [1.82, 2.24) is 5.32 Å². The van der Waals surface area contributed by atoms with Gasteiger partial charge in [0.05, 0.1) is 10.0 Å². The number of nitrogens with zero attached hydrogens (tertiary/aromatic N) is 1. The van der Waals surface area contributed by atoms with E-state index < -0.39 is 0 Å². The Labute approximate surface area is 144 Å². The van der Waals surface area contributed by atoms with Crippen LogP contribution in [0.15, 0.2) is 47.1 Å². The van der Waals surface area contributed by atoms with Crippen molar-refractivity contribution in [1.29, 1.82) is 0 Å². The Kier molecular flexibility index (Phi) is 4.24. The number of amides is 1. The number of amidine groups is 1. The van der Waals surface area contributed by atoms with Crippen LogP contribution in [0.3, 0.4) is 0 Å². The van der Waals surface area contributed by atoms with E-state index in [-0.39, 0.29) is 5.91 Å². The summed E-state index contributed by atoms with van der Waals surface area (Å²) in [6, 6.07) is 11.2. The summed E-state index contributed by atoms with van der Waals surface area (Å²) in [5.41, 5.74) is 4.36. The lowest BCUT2D eigenvalue weighted by molar-refractivity contribution is -0.115. The number of rotatable bonds is 2. The van der Waals surface area contributed by atoms with Crippen LogP contribution in [0.1, 0.15) is 22.3 Å². The molecular formula is C18H14Cl2N2O. The second-order valence-electron chi connectivity index (χ2n) is 5.42. The van der Waals surface area contributed by atoms with Gasteiger partial charge in [-0.25, -0.2) is 4.99 Å². The lowest BCUT2D eigenvalue weighted by Gasteiger charge is -2.04. The normalized spacial score (nSPS) is 15.7. The highest BCUT2D eigenvalue weighted by Crippen LogP contribution is 2.24. The molecule has 2 aromatic carbocycles. The summed E-state index contributed by atoms with van der Waals surface area (Å²) < 4.78 is 0. The molecule has 0 radical (unpaired) electrons. The molecule has 0 fully saturated rings. The molecule has 5 heteroatoms. The summed E-state index contributed by atoms with van der Waals surface area (Å²) in [4.78, 5) is 16.5. The molecule has 0 spiro atoms. The van der Waals surface area contributed by atoms with E-state index in [0.29, 0.717) is 21.6 Å². The summed E-state index contributed by atoms with van der Waals surface area (Å²) in [7, 11) is 0. The van der Waals surface area contributed by atoms with Gasteiger partial charge in [0.1, 0.15) is 11.5 Å². The van der Waals surface area contributed by atoms with Crippen molar-refractivity contribution in [3.63, 3.8) is 0 Å². The molecule has 116 valence electrons. The first-order chi connectivity index (χ1) is 10.9. The van der Waals surface area contributed by atoms with E-state index >= 15 is 0 Å². The fraction of sp³-hybridized carbons (Fsp3) is 0.111. The monoisotopic (exact) mass is 344 g/mol. The zero-order valence-corrected chi connectivity index (χ0v) is 14.2. The van der Waals surface area contributed by atoms with Gasteiger partial charge in [-0.3, -0.25) is 4.79 Å². The van der Waals surface area contributed by atoms with Gasteiger partial charge >= 0.3 is 0 Å². The molecule has 1 aliphatic heterocycles. The lowest BCUT2D eigenvalue weighted by atomic mass is 10.1. The first-order valence-corrected chi connectivity index (χ1v) is 7.84. The van der Waals surface area contributed by atoms with Crippen LogP contribution in [0, 0.1) is 13.8 Å². The first kappa shape index (κ1) is 15.8. The van der Waals surface area contributed by atoms with Gasteiger partial charge < -0.3 is 5.32 Å². The van der Waals surface area contributed by atoms with Crippen molar-refractivity contribution in [2.24, 2.45) is 4.99 Å². The predicted octanol–water partition coefficient (Wildman–Crippen LogP) is 4.53. The van der Waals surface area contributed by atoms with Crippen molar-refractivity contribution < 1.29 is 4.79 Å². The molecule has 1 amide bonds. The molecule has 1 heterocycles. The van der Waals surface area contributed by atoms with E-state index in [1.165, 1.54) is 5.56 Å². The van der Waals surface area contributed by atoms with Crippen LogP contribution in [-0.4, -0.2) is 11.7 Å². The van der Waals surface area contributed by atoms with Gasteiger partial charge in [0.15, 0.2) is 0 Å². The molecule has 2 aromatic rings. The van der Waals surface area contributed by atoms with Gasteiger partial charge in [0.25, 0.3) is 5.91 Å². The SMILES string of the molecule is Cc1ccc(C2=N/C(=C/c3ccc(Cl)c(Cl)c3)C(=O)N2)cc1C. The summed E-state index contributed by atoms with van der Waals surface area (Å²) in [5, 5.41) is 3.72. The van der Waals surface area contributed by atoms with E-state index in [1.54, 1.807) is 24.3 Å². The highest BCUT2D eigenvalue weighted by atomic mass is 35.5. The Bertz CT molecular complexity index is 869. The molecule has 0 aromatic heterocycles. The van der Waals surface area contributed by atoms with E-state index in [4.69, 9.17) is 23.2 Å². The fourth-order valence-electron chi connectivity index (χ4n) is 2.25. The molecule has 0 aliphatic carbocycles. The summed E-state index contributed by atoms with van der Waals surface area (Å²) in [5.74, 6) is 0.328. The maximum Gasteiger partial charge on any atom is 0.275 e. The topological polar surface area (TPSA) is 41.5 Å². The number of aryl methyl sites for hydroxylation is 2. The molecule has 0 saturated carbocycles. The number of hydrogen-bond donors (Lipinski definition) is 1. The minimum absolute atomic E-state index is 0.232. The second kappa shape index (κ2) is 6.19. The third kappa shape index (κ3) is 3.31. The lowest BCUT2D eigenvalue weighted by Crippen LogP contribution is -2.24. The maximum atomic E-state index is 12.1. The Morgan fingerprint density at radius 3 is 2.48 bits per heavy atom. The van der Waals surface area contributed by atoms with Crippen molar-refractivity contribution in [3.8, 4) is 0 Å². The number of nitrogens with one attached hydrogen (secondary N) is 1. The van der Waals surface area contributed by atoms with Crippen LogP contribution < -0.4 is 5.32 Å². The quantitative estimate of drug-likeness (QED) is 0.799. The predicted molar refractivity (Wildman–Crippen MR) is 95.0 cm³/mol. The van der Waals surface area contributed by atoms with Gasteiger partial charge in [-0.05, 0) is 54.8 Å². The first-order valence-electron chi connectivity index (χ1n) is 7.08. The van der Waals surface area contributed by atoms with Gasteiger partial charge in [-0.2, -0.15) is 0 Å². The molecule has 1 aliphatic rings. The average molecular weight is 345 g/mol. The molecule has 3 rings (SSSR count). The molecule has 0 atom stereocenters. The molecule has 0 bridgehead atoms. The third-order valence-electron chi connectivity index (χ3n) is 3.72. The number of benzene rings is 2. The van der Waals surface area contributed by atoms with Crippen molar-refractivity contribution in [3.05, 3.63) is 74.4 Å². The summed E-state index contributed by atoms with van der Waals surface area (Å²) in [6.45, 7) is 4.08. The highest BCUT2D eigenvalue weighted by molar-refractivity contribution is 6.42. The van der Waals surface area contributed by atoms with E-state index in [2.05, 4.69) is 10.3 Å². The van der Waals surface area contributed by atoms with Crippen molar-refractivity contribution in [2.75, 3.05) is 0 Å². The Morgan fingerprint density at radius 2 is 1.78 bits per heavy atom. The Balaban J connectivity index is 1.95. The van der Waals surface area contributed by atoms with E-state index in [1.807, 2.05) is 32.0 Å². The van der Waals surface area contributed by atoms with Crippen LogP contribution >= 0.6 is 23.2 Å². The maximum absolute atomic E-state index is 12.1. The number of carbonyl (C=O) groups excluding carboxylic acids is 1. The van der Waals surface area contributed by atoms with Crippen LogP contribution in [0.4, 0.5) is 0 Å². The average Bonchev–Trinajstić information content (AvgIpc) is 2.87. The zero-order chi connectivity index (χ0) is 16.6. The van der Waals surface area contributed by atoms with Crippen LogP contribution in [0.2, 0.25) is 10.0 Å². The molecule has 0 unspecified atom stereocenters. The van der Waals surface area contributed by atoms with Gasteiger partial charge in [-0.15, -0.1) is 0 Å². The number of halogens is 2. The third-order valence-corrected chi connectivity index (χ3v) is 4.46. The number of aliphatic imine (C=N–C) groups is 1. The molecule has 23 heavy (non-hydrogen) atoms. The van der Waals surface area contributed by atoms with Crippen LogP contribution in [0.5, 0.6) is 0 Å². The van der Waals surface area contributed by atoms with Crippen molar-refractivity contribution in [2.45, 2.75) is 13.8 Å². The number of carbonyl (C=O) groups is 1. The van der Waals surface area contributed by atoms with Gasteiger partial charge in [0.2, 0.25) is 0 Å². The van der Waals surface area contributed by atoms with Crippen LogP contribution in [-0.2, 0) is 4.79 Å². The minimum Gasteiger partial charge on any atom is -0.305 e. The standard InChI is InChI=1S/C18H14Cl2N2O/c1-10-3-5-13(7-11(10)2)17-21-16(18(23)22-17)9-12-4-6-14(19)15(20)8-12/h3-9H,1-2H3,(H,21,22,23)/b16-9+.